The normalized spacial score (nSPS) is 25.5. The molecule has 0 aromatic rings. The molecule has 0 saturated carbocycles. The first-order valence-electron chi connectivity index (χ1n) is 4.25. The van der Waals surface area contributed by atoms with Crippen LogP contribution in [-0.4, -0.2) is 30.9 Å². The maximum Gasteiger partial charge on any atom is 0.243 e. The van der Waals surface area contributed by atoms with Crippen LogP contribution in [0.5, 0.6) is 0 Å². The summed E-state index contributed by atoms with van der Waals surface area (Å²) in [5, 5.41) is 2.65. The van der Waals surface area contributed by atoms with Crippen LogP contribution < -0.4 is 5.32 Å². The summed E-state index contributed by atoms with van der Waals surface area (Å²) in [4.78, 5) is 10.8. The molecular weight excluding hydrogens is 170 g/mol. The predicted molar refractivity (Wildman–Crippen MR) is 48.1 cm³/mol. The Hall–Kier alpha value is -0.870. The molecule has 1 atom stereocenters. The summed E-state index contributed by atoms with van der Waals surface area (Å²) in [6.45, 7) is 8.03. The topological polar surface area (TPSA) is 47.6 Å². The number of ether oxygens (including phenoxy) is 2. The highest BCUT2D eigenvalue weighted by Crippen LogP contribution is 2.21. The summed E-state index contributed by atoms with van der Waals surface area (Å²) in [6, 6.07) is 0. The van der Waals surface area contributed by atoms with Crippen LogP contribution in [0.3, 0.4) is 0 Å². The Morgan fingerprint density at radius 1 is 1.77 bits per heavy atom. The van der Waals surface area contributed by atoms with E-state index >= 15 is 0 Å². The quantitative estimate of drug-likeness (QED) is 0.649. The second kappa shape index (κ2) is 3.89. The zero-order valence-corrected chi connectivity index (χ0v) is 8.00. The van der Waals surface area contributed by atoms with Gasteiger partial charge in [-0.05, 0) is 19.9 Å². The van der Waals surface area contributed by atoms with E-state index in [0.717, 1.165) is 0 Å². The molecule has 1 aliphatic rings. The molecule has 1 aliphatic heterocycles. The Morgan fingerprint density at radius 3 is 2.92 bits per heavy atom. The Labute approximate surface area is 77.9 Å². The summed E-state index contributed by atoms with van der Waals surface area (Å²) < 4.78 is 10.8. The van der Waals surface area contributed by atoms with E-state index in [1.165, 1.54) is 6.08 Å². The molecule has 1 unspecified atom stereocenters. The third-order valence-electron chi connectivity index (χ3n) is 1.76. The average molecular weight is 185 g/mol. The van der Waals surface area contributed by atoms with E-state index in [0.29, 0.717) is 13.2 Å². The molecule has 1 fully saturated rings. The Morgan fingerprint density at radius 2 is 2.46 bits per heavy atom. The molecule has 1 heterocycles. The number of hydrogen-bond donors (Lipinski definition) is 1. The number of amides is 1. The SMILES string of the molecule is C=CC(=O)NCC1COC(C)(C)O1. The lowest BCUT2D eigenvalue weighted by molar-refractivity contribution is -0.139. The summed E-state index contributed by atoms with van der Waals surface area (Å²) >= 11 is 0. The molecule has 0 aliphatic carbocycles. The smallest absolute Gasteiger partial charge is 0.243 e. The molecule has 1 rings (SSSR count). The molecule has 74 valence electrons. The van der Waals surface area contributed by atoms with Crippen LogP contribution in [0.15, 0.2) is 12.7 Å². The molecule has 1 N–H and O–H groups in total. The van der Waals surface area contributed by atoms with Crippen molar-refractivity contribution in [3.63, 3.8) is 0 Å². The standard InChI is InChI=1S/C9H15NO3/c1-4-8(11)10-5-7-6-12-9(2,3)13-7/h4,7H,1,5-6H2,2-3H3,(H,10,11). The van der Waals surface area contributed by atoms with E-state index < -0.39 is 5.79 Å². The van der Waals surface area contributed by atoms with Crippen molar-refractivity contribution in [2.45, 2.75) is 25.7 Å². The highest BCUT2D eigenvalue weighted by atomic mass is 16.7. The highest BCUT2D eigenvalue weighted by molar-refractivity contribution is 5.86. The third-order valence-corrected chi connectivity index (χ3v) is 1.76. The number of carbonyl (C=O) groups is 1. The van der Waals surface area contributed by atoms with E-state index in [1.54, 1.807) is 0 Å². The lowest BCUT2D eigenvalue weighted by atomic mass is 10.3. The lowest BCUT2D eigenvalue weighted by Crippen LogP contribution is -2.33. The summed E-state index contributed by atoms with van der Waals surface area (Å²) in [5.41, 5.74) is 0. The van der Waals surface area contributed by atoms with Gasteiger partial charge in [0.25, 0.3) is 0 Å². The van der Waals surface area contributed by atoms with Crippen molar-refractivity contribution < 1.29 is 14.3 Å². The molecule has 0 radical (unpaired) electrons. The molecule has 4 heteroatoms. The van der Waals surface area contributed by atoms with Gasteiger partial charge in [0, 0.05) is 6.54 Å². The van der Waals surface area contributed by atoms with Gasteiger partial charge < -0.3 is 14.8 Å². The number of rotatable bonds is 3. The van der Waals surface area contributed by atoms with E-state index in [4.69, 9.17) is 9.47 Å². The van der Waals surface area contributed by atoms with Gasteiger partial charge in [-0.3, -0.25) is 4.79 Å². The first-order valence-corrected chi connectivity index (χ1v) is 4.25. The minimum absolute atomic E-state index is 0.0566. The van der Waals surface area contributed by atoms with Crippen LogP contribution in [0.1, 0.15) is 13.8 Å². The molecule has 4 nitrogen and oxygen atoms in total. The molecule has 0 bridgehead atoms. The number of hydrogen-bond acceptors (Lipinski definition) is 3. The van der Waals surface area contributed by atoms with Crippen molar-refractivity contribution in [2.24, 2.45) is 0 Å². The van der Waals surface area contributed by atoms with Gasteiger partial charge in [0.1, 0.15) is 6.10 Å². The number of nitrogens with one attached hydrogen (secondary N) is 1. The van der Waals surface area contributed by atoms with Gasteiger partial charge in [0.2, 0.25) is 5.91 Å². The largest absolute Gasteiger partial charge is 0.350 e. The fraction of sp³-hybridized carbons (Fsp3) is 0.667. The minimum Gasteiger partial charge on any atom is -0.350 e. The van der Waals surface area contributed by atoms with Crippen molar-refractivity contribution >= 4 is 5.91 Å². The van der Waals surface area contributed by atoms with E-state index in [9.17, 15) is 4.79 Å². The summed E-state index contributed by atoms with van der Waals surface area (Å²) in [7, 11) is 0. The summed E-state index contributed by atoms with van der Waals surface area (Å²) in [5.74, 6) is -0.711. The van der Waals surface area contributed by atoms with Gasteiger partial charge in [-0.2, -0.15) is 0 Å². The van der Waals surface area contributed by atoms with Crippen LogP contribution in [-0.2, 0) is 14.3 Å². The first-order chi connectivity index (χ1) is 6.03. The van der Waals surface area contributed by atoms with Crippen molar-refractivity contribution in [1.82, 2.24) is 5.32 Å². The van der Waals surface area contributed by atoms with Gasteiger partial charge in [-0.1, -0.05) is 6.58 Å². The lowest BCUT2D eigenvalue weighted by Gasteiger charge is -2.16. The van der Waals surface area contributed by atoms with Crippen LogP contribution in [0, 0.1) is 0 Å². The van der Waals surface area contributed by atoms with E-state index in [1.807, 2.05) is 13.8 Å². The van der Waals surface area contributed by atoms with Crippen molar-refractivity contribution in [1.29, 1.82) is 0 Å². The maximum atomic E-state index is 10.8. The second-order valence-corrected chi connectivity index (χ2v) is 3.40. The molecule has 0 spiro atoms. The molecule has 13 heavy (non-hydrogen) atoms. The molecular formula is C9H15NO3. The Bertz CT molecular complexity index is 213. The minimum atomic E-state index is -0.524. The fourth-order valence-corrected chi connectivity index (χ4v) is 1.15. The van der Waals surface area contributed by atoms with Crippen LogP contribution in [0.25, 0.3) is 0 Å². The molecule has 0 aromatic carbocycles. The van der Waals surface area contributed by atoms with E-state index in [-0.39, 0.29) is 12.0 Å². The van der Waals surface area contributed by atoms with Gasteiger partial charge in [0.05, 0.1) is 6.61 Å². The van der Waals surface area contributed by atoms with Crippen molar-refractivity contribution in [2.75, 3.05) is 13.2 Å². The Kier molecular flexibility index (Phi) is 3.06. The maximum absolute atomic E-state index is 10.8. The second-order valence-electron chi connectivity index (χ2n) is 3.40. The van der Waals surface area contributed by atoms with Crippen LogP contribution in [0.2, 0.25) is 0 Å². The highest BCUT2D eigenvalue weighted by Gasteiger charge is 2.32. The first kappa shape index (κ1) is 10.2. The number of carbonyl (C=O) groups excluding carboxylic acids is 1. The molecule has 1 saturated heterocycles. The van der Waals surface area contributed by atoms with Gasteiger partial charge in [-0.15, -0.1) is 0 Å². The summed E-state index contributed by atoms with van der Waals surface area (Å²) in [6.07, 6.45) is 1.18. The monoisotopic (exact) mass is 185 g/mol. The molecule has 1 amide bonds. The van der Waals surface area contributed by atoms with Crippen LogP contribution in [0.4, 0.5) is 0 Å². The van der Waals surface area contributed by atoms with Crippen molar-refractivity contribution in [3.8, 4) is 0 Å². The fourth-order valence-electron chi connectivity index (χ4n) is 1.15. The van der Waals surface area contributed by atoms with Gasteiger partial charge >= 0.3 is 0 Å². The van der Waals surface area contributed by atoms with Gasteiger partial charge in [0.15, 0.2) is 5.79 Å². The van der Waals surface area contributed by atoms with E-state index in [2.05, 4.69) is 11.9 Å². The predicted octanol–water partition coefficient (Wildman–Crippen LogP) is 0.440. The zero-order chi connectivity index (χ0) is 9.90. The zero-order valence-electron chi connectivity index (χ0n) is 8.00. The van der Waals surface area contributed by atoms with Gasteiger partial charge in [-0.25, -0.2) is 0 Å². The average Bonchev–Trinajstić information content (AvgIpc) is 2.41. The third kappa shape index (κ3) is 3.16. The molecule has 0 aromatic heterocycles. The van der Waals surface area contributed by atoms with Crippen LogP contribution >= 0.6 is 0 Å². The Balaban J connectivity index is 2.25. The van der Waals surface area contributed by atoms with Crippen molar-refractivity contribution in [3.05, 3.63) is 12.7 Å².